The first-order chi connectivity index (χ1) is 8.45. The van der Waals surface area contributed by atoms with Gasteiger partial charge in [-0.3, -0.25) is 14.3 Å². The minimum Gasteiger partial charge on any atom is -0.353 e. The van der Waals surface area contributed by atoms with Crippen LogP contribution in [-0.2, 0) is 4.74 Å². The van der Waals surface area contributed by atoms with Gasteiger partial charge in [-0.05, 0) is 6.42 Å². The number of rotatable bonds is 2. The molecule has 5 nitrogen and oxygen atoms in total. The molecule has 2 heterocycles. The average molecular weight is 277 g/mol. The Hall–Kier alpha value is -1.14. The van der Waals surface area contributed by atoms with Gasteiger partial charge in [0.2, 0.25) is 5.82 Å². The first-order valence-electron chi connectivity index (χ1n) is 5.76. The second kappa shape index (κ2) is 4.85. The predicted molar refractivity (Wildman–Crippen MR) is 64.3 cm³/mol. The minimum absolute atomic E-state index is 0.0450. The summed E-state index contributed by atoms with van der Waals surface area (Å²) in [4.78, 5) is 24.5. The molecule has 1 aromatic rings. The highest BCUT2D eigenvalue weighted by molar-refractivity contribution is 6.21. The molecule has 0 aliphatic carbocycles. The van der Waals surface area contributed by atoms with Crippen LogP contribution in [0, 0.1) is 11.7 Å². The van der Waals surface area contributed by atoms with Crippen molar-refractivity contribution in [3.8, 4) is 0 Å². The summed E-state index contributed by atoms with van der Waals surface area (Å²) in [5.41, 5.74) is -1.76. The van der Waals surface area contributed by atoms with E-state index in [4.69, 9.17) is 16.3 Å². The van der Waals surface area contributed by atoms with E-state index in [9.17, 15) is 14.0 Å². The number of alkyl halides is 1. The lowest BCUT2D eigenvalue weighted by Gasteiger charge is -2.16. The normalized spacial score (nSPS) is 31.8. The highest BCUT2D eigenvalue weighted by Crippen LogP contribution is 2.37. The van der Waals surface area contributed by atoms with Crippen molar-refractivity contribution in [1.29, 1.82) is 0 Å². The number of aromatic amines is 1. The van der Waals surface area contributed by atoms with E-state index in [2.05, 4.69) is 0 Å². The SMILES string of the molecule is CC[C@H]1O[C@@H](n2cc(F)c(=O)[nH]c2=O)[C@@H](Cl)[C@@H]1C. The Kier molecular flexibility index (Phi) is 3.59. The lowest BCUT2D eigenvalue weighted by Crippen LogP contribution is -2.36. The van der Waals surface area contributed by atoms with Crippen molar-refractivity contribution < 1.29 is 9.13 Å². The quantitative estimate of drug-likeness (QED) is 0.826. The first kappa shape index (κ1) is 13.3. The fourth-order valence-electron chi connectivity index (χ4n) is 2.18. The van der Waals surface area contributed by atoms with Crippen LogP contribution in [0.5, 0.6) is 0 Å². The maximum atomic E-state index is 13.2. The van der Waals surface area contributed by atoms with Crippen LogP contribution in [0.3, 0.4) is 0 Å². The number of hydrogen-bond acceptors (Lipinski definition) is 3. The van der Waals surface area contributed by atoms with E-state index in [-0.39, 0.29) is 12.0 Å². The van der Waals surface area contributed by atoms with Gasteiger partial charge in [-0.1, -0.05) is 13.8 Å². The van der Waals surface area contributed by atoms with E-state index in [1.54, 1.807) is 0 Å². The summed E-state index contributed by atoms with van der Waals surface area (Å²) in [6.07, 6.45) is 0.748. The minimum atomic E-state index is -1.04. The first-order valence-corrected chi connectivity index (χ1v) is 6.19. The zero-order valence-corrected chi connectivity index (χ0v) is 10.8. The number of halogens is 2. The molecule has 0 unspecified atom stereocenters. The van der Waals surface area contributed by atoms with Gasteiger partial charge in [0.05, 0.1) is 17.7 Å². The molecule has 0 bridgehead atoms. The van der Waals surface area contributed by atoms with Gasteiger partial charge < -0.3 is 4.74 Å². The Balaban J connectivity index is 2.42. The lowest BCUT2D eigenvalue weighted by atomic mass is 10.0. The maximum absolute atomic E-state index is 13.2. The van der Waals surface area contributed by atoms with Crippen molar-refractivity contribution in [2.45, 2.75) is 38.0 Å². The van der Waals surface area contributed by atoms with Crippen LogP contribution in [0.4, 0.5) is 4.39 Å². The average Bonchev–Trinajstić information content (AvgIpc) is 2.61. The number of hydrogen-bond donors (Lipinski definition) is 1. The molecule has 1 saturated heterocycles. The molecule has 0 amide bonds. The third-order valence-electron chi connectivity index (χ3n) is 3.28. The number of nitrogens with one attached hydrogen (secondary N) is 1. The van der Waals surface area contributed by atoms with Crippen molar-refractivity contribution in [1.82, 2.24) is 9.55 Å². The van der Waals surface area contributed by atoms with Crippen molar-refractivity contribution in [2.24, 2.45) is 5.92 Å². The Morgan fingerprint density at radius 1 is 1.56 bits per heavy atom. The third-order valence-corrected chi connectivity index (χ3v) is 3.89. The molecule has 1 aliphatic heterocycles. The molecule has 0 spiro atoms. The molecule has 0 aromatic carbocycles. The Bertz CT molecular complexity index is 556. The summed E-state index contributed by atoms with van der Waals surface area (Å²) in [5.74, 6) is -0.988. The fourth-order valence-corrected chi connectivity index (χ4v) is 2.52. The van der Waals surface area contributed by atoms with Gasteiger partial charge in [-0.2, -0.15) is 4.39 Å². The number of nitrogens with zero attached hydrogens (tertiary/aromatic N) is 1. The zero-order chi connectivity index (χ0) is 13.4. The van der Waals surface area contributed by atoms with Gasteiger partial charge in [-0.25, -0.2) is 4.79 Å². The van der Waals surface area contributed by atoms with E-state index >= 15 is 0 Å². The van der Waals surface area contributed by atoms with Crippen LogP contribution in [0.25, 0.3) is 0 Å². The van der Waals surface area contributed by atoms with Crippen molar-refractivity contribution in [3.63, 3.8) is 0 Å². The predicted octanol–water partition coefficient (Wildman–Crippen LogP) is 1.23. The monoisotopic (exact) mass is 276 g/mol. The van der Waals surface area contributed by atoms with E-state index < -0.39 is 28.7 Å². The van der Waals surface area contributed by atoms with E-state index in [1.807, 2.05) is 18.8 Å². The molecule has 0 radical (unpaired) electrons. The number of aromatic nitrogens is 2. The molecule has 18 heavy (non-hydrogen) atoms. The van der Waals surface area contributed by atoms with Crippen molar-refractivity contribution in [3.05, 3.63) is 32.9 Å². The summed E-state index contributed by atoms with van der Waals surface area (Å²) in [6.45, 7) is 3.86. The van der Waals surface area contributed by atoms with Crippen LogP contribution >= 0.6 is 11.6 Å². The molecule has 4 atom stereocenters. The van der Waals surface area contributed by atoms with Gasteiger partial charge >= 0.3 is 5.69 Å². The summed E-state index contributed by atoms with van der Waals surface area (Å²) in [6, 6.07) is 0. The summed E-state index contributed by atoms with van der Waals surface area (Å²) in [5, 5.41) is -0.446. The summed E-state index contributed by atoms with van der Waals surface area (Å²) in [7, 11) is 0. The van der Waals surface area contributed by atoms with Gasteiger partial charge in [0.1, 0.15) is 0 Å². The van der Waals surface area contributed by atoms with Gasteiger partial charge in [-0.15, -0.1) is 11.6 Å². The number of ether oxygens (including phenoxy) is 1. The molecule has 1 fully saturated rings. The van der Waals surface area contributed by atoms with Crippen molar-refractivity contribution in [2.75, 3.05) is 0 Å². The molecular weight excluding hydrogens is 263 g/mol. The largest absolute Gasteiger partial charge is 0.353 e. The topological polar surface area (TPSA) is 64.1 Å². The fraction of sp³-hybridized carbons (Fsp3) is 0.636. The van der Waals surface area contributed by atoms with Gasteiger partial charge in [0.15, 0.2) is 6.23 Å². The molecule has 2 rings (SSSR count). The standard InChI is InChI=1S/C11H14ClFN2O3/c1-3-7-5(2)8(12)10(18-7)15-4-6(13)9(16)14-11(15)17/h4-5,7-8,10H,3H2,1-2H3,(H,14,16,17)/t5-,7-,8+,10-/m1/s1. The summed E-state index contributed by atoms with van der Waals surface area (Å²) < 4.78 is 19.9. The molecule has 1 aromatic heterocycles. The van der Waals surface area contributed by atoms with Crippen LogP contribution in [0.15, 0.2) is 15.8 Å². The van der Waals surface area contributed by atoms with Gasteiger partial charge in [0.25, 0.3) is 5.56 Å². The van der Waals surface area contributed by atoms with E-state index in [0.717, 1.165) is 17.2 Å². The Labute approximate surface area is 108 Å². The number of H-pyrrole nitrogens is 1. The molecule has 1 N–H and O–H groups in total. The Morgan fingerprint density at radius 2 is 2.22 bits per heavy atom. The molecule has 100 valence electrons. The van der Waals surface area contributed by atoms with Crippen LogP contribution < -0.4 is 11.2 Å². The molecule has 1 aliphatic rings. The third kappa shape index (κ3) is 2.10. The highest BCUT2D eigenvalue weighted by atomic mass is 35.5. The molecular formula is C11H14ClFN2O3. The summed E-state index contributed by atoms with van der Waals surface area (Å²) >= 11 is 6.20. The highest BCUT2D eigenvalue weighted by Gasteiger charge is 2.41. The molecule has 0 saturated carbocycles. The van der Waals surface area contributed by atoms with E-state index in [1.165, 1.54) is 0 Å². The van der Waals surface area contributed by atoms with Crippen molar-refractivity contribution >= 4 is 11.6 Å². The van der Waals surface area contributed by atoms with Crippen LogP contribution in [0.1, 0.15) is 26.5 Å². The van der Waals surface area contributed by atoms with Gasteiger partial charge in [0, 0.05) is 5.92 Å². The molecule has 7 heteroatoms. The maximum Gasteiger partial charge on any atom is 0.330 e. The van der Waals surface area contributed by atoms with E-state index in [0.29, 0.717) is 0 Å². The second-order valence-corrected chi connectivity index (χ2v) is 4.92. The smallest absolute Gasteiger partial charge is 0.330 e. The zero-order valence-electron chi connectivity index (χ0n) is 10.0. The van der Waals surface area contributed by atoms with Crippen LogP contribution in [-0.4, -0.2) is 21.0 Å². The lowest BCUT2D eigenvalue weighted by molar-refractivity contribution is -0.00739. The Morgan fingerprint density at radius 3 is 2.78 bits per heavy atom. The van der Waals surface area contributed by atoms with Crippen LogP contribution in [0.2, 0.25) is 0 Å². The second-order valence-electron chi connectivity index (χ2n) is 4.42.